The number of aliphatic carboxylic acids is 1. The molecule has 0 aromatic heterocycles. The lowest BCUT2D eigenvalue weighted by Gasteiger charge is -2.16. The second-order valence-corrected chi connectivity index (χ2v) is 7.50. The van der Waals surface area contributed by atoms with Gasteiger partial charge in [0.25, 0.3) is 5.91 Å². The molecular weight excluding hydrogens is 398 g/mol. The number of carboxylic acids is 1. The van der Waals surface area contributed by atoms with E-state index in [9.17, 15) is 19.5 Å². The average Bonchev–Trinajstić information content (AvgIpc) is 2.68. The Kier molecular flexibility index (Phi) is 8.13. The number of rotatable bonds is 9. The minimum absolute atomic E-state index is 0.104. The highest BCUT2D eigenvalue weighted by molar-refractivity contribution is 6.04. The number of nitrogens with zero attached hydrogens (tertiary/aromatic N) is 1. The molecule has 0 aliphatic rings. The fourth-order valence-electron chi connectivity index (χ4n) is 2.85. The van der Waals surface area contributed by atoms with E-state index in [1.54, 1.807) is 48.5 Å². The van der Waals surface area contributed by atoms with Crippen molar-refractivity contribution in [2.24, 2.45) is 22.4 Å². The van der Waals surface area contributed by atoms with E-state index < -0.39 is 12.0 Å². The first kappa shape index (κ1) is 23.4. The SMILES string of the molecule is CC(C)CC(=O)NC(Cc1ccc(NC(=O)c2cccc(N=C(N)N)c2)cc1)C(=O)O. The highest BCUT2D eigenvalue weighted by Crippen LogP contribution is 2.17. The lowest BCUT2D eigenvalue weighted by Crippen LogP contribution is -2.42. The maximum atomic E-state index is 12.5. The van der Waals surface area contributed by atoms with Crippen LogP contribution in [0.15, 0.2) is 53.5 Å². The molecule has 0 bridgehead atoms. The van der Waals surface area contributed by atoms with Crippen molar-refractivity contribution in [3.05, 3.63) is 59.7 Å². The van der Waals surface area contributed by atoms with Crippen LogP contribution in [0.4, 0.5) is 11.4 Å². The number of carbonyl (C=O) groups excluding carboxylic acids is 2. The van der Waals surface area contributed by atoms with Gasteiger partial charge in [0.05, 0.1) is 5.69 Å². The van der Waals surface area contributed by atoms with E-state index in [0.717, 1.165) is 0 Å². The third-order valence-corrected chi connectivity index (χ3v) is 4.25. The van der Waals surface area contributed by atoms with Gasteiger partial charge in [-0.3, -0.25) is 9.59 Å². The number of aliphatic imine (C=N–C) groups is 1. The third-order valence-electron chi connectivity index (χ3n) is 4.25. The number of benzene rings is 2. The molecule has 9 heteroatoms. The molecule has 2 rings (SSSR count). The van der Waals surface area contributed by atoms with Gasteiger partial charge in [-0.2, -0.15) is 0 Å². The number of nitrogens with two attached hydrogens (primary N) is 2. The Morgan fingerprint density at radius 2 is 1.74 bits per heavy atom. The van der Waals surface area contributed by atoms with Crippen molar-refractivity contribution in [3.8, 4) is 0 Å². The number of amides is 2. The number of nitrogens with one attached hydrogen (secondary N) is 2. The molecule has 0 heterocycles. The molecule has 2 aromatic rings. The summed E-state index contributed by atoms with van der Waals surface area (Å²) >= 11 is 0. The number of carboxylic acid groups (broad SMARTS) is 1. The average molecular weight is 425 g/mol. The van der Waals surface area contributed by atoms with Crippen molar-refractivity contribution < 1.29 is 19.5 Å². The smallest absolute Gasteiger partial charge is 0.326 e. The molecule has 9 nitrogen and oxygen atoms in total. The van der Waals surface area contributed by atoms with Gasteiger partial charge in [0, 0.05) is 24.1 Å². The summed E-state index contributed by atoms with van der Waals surface area (Å²) in [5, 5.41) is 14.7. The van der Waals surface area contributed by atoms with Crippen LogP contribution < -0.4 is 22.1 Å². The zero-order valence-electron chi connectivity index (χ0n) is 17.5. The Morgan fingerprint density at radius 3 is 2.32 bits per heavy atom. The summed E-state index contributed by atoms with van der Waals surface area (Å²) < 4.78 is 0. The molecule has 0 aliphatic heterocycles. The fraction of sp³-hybridized carbons (Fsp3) is 0.273. The molecule has 0 spiro atoms. The maximum absolute atomic E-state index is 12.5. The van der Waals surface area contributed by atoms with E-state index in [1.807, 2.05) is 13.8 Å². The molecule has 0 saturated heterocycles. The highest BCUT2D eigenvalue weighted by atomic mass is 16.4. The van der Waals surface area contributed by atoms with Crippen molar-refractivity contribution in [1.29, 1.82) is 0 Å². The van der Waals surface area contributed by atoms with Crippen LogP contribution in [0, 0.1) is 5.92 Å². The Hall–Kier alpha value is -3.88. The van der Waals surface area contributed by atoms with Gasteiger partial charge in [-0.1, -0.05) is 32.0 Å². The normalized spacial score (nSPS) is 11.5. The van der Waals surface area contributed by atoms with E-state index in [1.165, 1.54) is 0 Å². The van der Waals surface area contributed by atoms with E-state index in [2.05, 4.69) is 15.6 Å². The number of hydrogen-bond acceptors (Lipinski definition) is 4. The number of anilines is 1. The standard InChI is InChI=1S/C22H27N5O4/c1-13(2)10-19(28)27-18(21(30)31)11-14-6-8-16(9-7-14)25-20(29)15-4-3-5-17(12-15)26-22(23)24/h3-9,12-13,18H,10-11H2,1-2H3,(H,25,29)(H,27,28)(H,30,31)(H4,23,24,26). The van der Waals surface area contributed by atoms with Gasteiger partial charge in [-0.05, 0) is 41.8 Å². The second-order valence-electron chi connectivity index (χ2n) is 7.50. The van der Waals surface area contributed by atoms with Crippen molar-refractivity contribution >= 4 is 35.1 Å². The molecule has 0 aliphatic carbocycles. The Balaban J connectivity index is 2.02. The molecule has 164 valence electrons. The van der Waals surface area contributed by atoms with Crippen LogP contribution in [0.1, 0.15) is 36.2 Å². The topological polar surface area (TPSA) is 160 Å². The summed E-state index contributed by atoms with van der Waals surface area (Å²) in [6, 6.07) is 12.2. The first-order valence-corrected chi connectivity index (χ1v) is 9.76. The molecule has 0 fully saturated rings. The van der Waals surface area contributed by atoms with Crippen LogP contribution >= 0.6 is 0 Å². The predicted octanol–water partition coefficient (Wildman–Crippen LogP) is 2.00. The van der Waals surface area contributed by atoms with Crippen LogP contribution in [0.3, 0.4) is 0 Å². The fourth-order valence-corrected chi connectivity index (χ4v) is 2.85. The predicted molar refractivity (Wildman–Crippen MR) is 119 cm³/mol. The Morgan fingerprint density at radius 1 is 1.06 bits per heavy atom. The second kappa shape index (κ2) is 10.8. The monoisotopic (exact) mass is 425 g/mol. The lowest BCUT2D eigenvalue weighted by atomic mass is 10.0. The van der Waals surface area contributed by atoms with Gasteiger partial charge in [0.1, 0.15) is 6.04 Å². The largest absolute Gasteiger partial charge is 0.480 e. The third kappa shape index (κ3) is 7.81. The van der Waals surface area contributed by atoms with E-state index >= 15 is 0 Å². The van der Waals surface area contributed by atoms with Crippen molar-refractivity contribution in [3.63, 3.8) is 0 Å². The minimum atomic E-state index is -1.10. The Bertz CT molecular complexity index is 966. The van der Waals surface area contributed by atoms with Gasteiger partial charge < -0.3 is 27.2 Å². The Labute approximate surface area is 180 Å². The number of guanidine groups is 1. The molecule has 0 saturated carbocycles. The van der Waals surface area contributed by atoms with Gasteiger partial charge in [0.15, 0.2) is 5.96 Å². The molecule has 1 atom stereocenters. The number of hydrogen-bond donors (Lipinski definition) is 5. The summed E-state index contributed by atoms with van der Waals surface area (Å²) in [6.45, 7) is 3.78. The summed E-state index contributed by atoms with van der Waals surface area (Å²) in [4.78, 5) is 39.8. The quantitative estimate of drug-likeness (QED) is 0.305. The molecule has 7 N–H and O–H groups in total. The molecule has 0 radical (unpaired) electrons. The highest BCUT2D eigenvalue weighted by Gasteiger charge is 2.20. The summed E-state index contributed by atoms with van der Waals surface area (Å²) in [6.07, 6.45) is 0.396. The zero-order chi connectivity index (χ0) is 23.0. The van der Waals surface area contributed by atoms with Crippen molar-refractivity contribution in [2.45, 2.75) is 32.7 Å². The first-order chi connectivity index (χ1) is 14.6. The first-order valence-electron chi connectivity index (χ1n) is 9.76. The zero-order valence-corrected chi connectivity index (χ0v) is 17.5. The summed E-state index contributed by atoms with van der Waals surface area (Å²) in [7, 11) is 0. The minimum Gasteiger partial charge on any atom is -0.480 e. The summed E-state index contributed by atoms with van der Waals surface area (Å²) in [5.74, 6) is -1.71. The van der Waals surface area contributed by atoms with Crippen LogP contribution in [0.25, 0.3) is 0 Å². The molecule has 2 aromatic carbocycles. The van der Waals surface area contributed by atoms with Crippen LogP contribution in [-0.2, 0) is 16.0 Å². The molecule has 2 amide bonds. The van der Waals surface area contributed by atoms with Crippen LogP contribution in [-0.4, -0.2) is 34.9 Å². The van der Waals surface area contributed by atoms with E-state index in [4.69, 9.17) is 11.5 Å². The van der Waals surface area contributed by atoms with Crippen LogP contribution in [0.2, 0.25) is 0 Å². The van der Waals surface area contributed by atoms with Gasteiger partial charge >= 0.3 is 5.97 Å². The van der Waals surface area contributed by atoms with E-state index in [0.29, 0.717) is 22.5 Å². The summed E-state index contributed by atoms with van der Waals surface area (Å²) in [5.41, 5.74) is 12.8. The van der Waals surface area contributed by atoms with Crippen molar-refractivity contribution in [1.82, 2.24) is 5.32 Å². The lowest BCUT2D eigenvalue weighted by molar-refractivity contribution is -0.141. The molecular formula is C22H27N5O4. The van der Waals surface area contributed by atoms with E-state index in [-0.39, 0.29) is 36.5 Å². The number of carbonyl (C=O) groups is 3. The van der Waals surface area contributed by atoms with Gasteiger partial charge in [-0.25, -0.2) is 9.79 Å². The van der Waals surface area contributed by atoms with Gasteiger partial charge in [0.2, 0.25) is 5.91 Å². The molecule has 1 unspecified atom stereocenters. The maximum Gasteiger partial charge on any atom is 0.326 e. The van der Waals surface area contributed by atoms with Crippen LogP contribution in [0.5, 0.6) is 0 Å². The molecule has 31 heavy (non-hydrogen) atoms. The van der Waals surface area contributed by atoms with Gasteiger partial charge in [-0.15, -0.1) is 0 Å². The van der Waals surface area contributed by atoms with Crippen molar-refractivity contribution in [2.75, 3.05) is 5.32 Å².